The molecule has 45 heavy (non-hydrogen) atoms. The second-order valence-electron chi connectivity index (χ2n) is 11.6. The van der Waals surface area contributed by atoms with Crippen LogP contribution in [0.25, 0.3) is 0 Å². The molecule has 2 heterocycles. The van der Waals surface area contributed by atoms with Crippen LogP contribution in [0.15, 0.2) is 24.3 Å². The standard InChI is InChI=1S/C32H54O13/c1-3-4-5-6-7-8-9-10-11-12-13-14-15-16-17-18-25(36)41-21-32(30(42-22(2)35)27(38)24(20-34)44-32)45-31-29(40)28(39)26(37)23(19-33)43-31/h7-8,10-11,23-24,26-31,33-34,37-40H,3-6,9,12-21H2,1-2H3/t23-,24-,26-,27-,28+,29-,30+,31-,32+/m1/s1. The average Bonchev–Trinajstić information content (AvgIpc) is 3.27. The van der Waals surface area contributed by atoms with Crippen molar-refractivity contribution < 1.29 is 63.9 Å². The highest BCUT2D eigenvalue weighted by atomic mass is 16.8. The normalized spacial score (nSPS) is 32.0. The van der Waals surface area contributed by atoms with Crippen LogP contribution in [-0.2, 0) is 33.3 Å². The summed E-state index contributed by atoms with van der Waals surface area (Å²) < 4.78 is 27.5. The Hall–Kier alpha value is -1.94. The highest BCUT2D eigenvalue weighted by Gasteiger charge is 2.61. The van der Waals surface area contributed by atoms with Crippen LogP contribution in [0, 0.1) is 0 Å². The fourth-order valence-electron chi connectivity index (χ4n) is 5.27. The van der Waals surface area contributed by atoms with Gasteiger partial charge in [-0.1, -0.05) is 63.3 Å². The van der Waals surface area contributed by atoms with E-state index in [4.69, 9.17) is 23.7 Å². The maximum atomic E-state index is 12.6. The van der Waals surface area contributed by atoms with Crippen LogP contribution < -0.4 is 0 Å². The number of esters is 2. The van der Waals surface area contributed by atoms with Gasteiger partial charge in [0.2, 0.25) is 5.79 Å². The Balaban J connectivity index is 1.86. The molecular formula is C32H54O13. The molecule has 2 rings (SSSR count). The lowest BCUT2D eigenvalue weighted by Crippen LogP contribution is -2.63. The fourth-order valence-corrected chi connectivity index (χ4v) is 5.27. The van der Waals surface area contributed by atoms with E-state index in [0.717, 1.165) is 51.9 Å². The Morgan fingerprint density at radius 3 is 2.02 bits per heavy atom. The van der Waals surface area contributed by atoms with Crippen molar-refractivity contribution in [3.63, 3.8) is 0 Å². The van der Waals surface area contributed by atoms with Crippen molar-refractivity contribution in [1.82, 2.24) is 0 Å². The monoisotopic (exact) mass is 646 g/mol. The Kier molecular flexibility index (Phi) is 18.3. The lowest BCUT2D eigenvalue weighted by Gasteiger charge is -2.43. The van der Waals surface area contributed by atoms with Crippen molar-refractivity contribution >= 4 is 11.9 Å². The second-order valence-corrected chi connectivity index (χ2v) is 11.6. The topological polar surface area (TPSA) is 202 Å². The number of carbonyl (C=O) groups is 2. The largest absolute Gasteiger partial charge is 0.460 e. The molecule has 2 saturated heterocycles. The zero-order valence-corrected chi connectivity index (χ0v) is 26.6. The quantitative estimate of drug-likeness (QED) is 0.0596. The molecule has 0 aromatic rings. The highest BCUT2D eigenvalue weighted by molar-refractivity contribution is 5.69. The maximum absolute atomic E-state index is 12.6. The number of hydrogen-bond donors (Lipinski definition) is 6. The molecule has 260 valence electrons. The Bertz CT molecular complexity index is 909. The number of allylic oxidation sites excluding steroid dienone is 4. The summed E-state index contributed by atoms with van der Waals surface area (Å²) in [6, 6.07) is 0. The van der Waals surface area contributed by atoms with Gasteiger partial charge in [0.15, 0.2) is 12.4 Å². The first-order valence-electron chi connectivity index (χ1n) is 16.2. The molecule has 0 amide bonds. The van der Waals surface area contributed by atoms with Crippen molar-refractivity contribution in [3.8, 4) is 0 Å². The highest BCUT2D eigenvalue weighted by Crippen LogP contribution is 2.38. The molecule has 0 aromatic carbocycles. The number of ether oxygens (including phenoxy) is 5. The second kappa shape index (κ2) is 21.0. The molecule has 2 aliphatic rings. The summed E-state index contributed by atoms with van der Waals surface area (Å²) in [6.45, 7) is 1.07. The van der Waals surface area contributed by atoms with E-state index in [1.54, 1.807) is 0 Å². The molecule has 0 aliphatic carbocycles. The minimum Gasteiger partial charge on any atom is -0.460 e. The van der Waals surface area contributed by atoms with Gasteiger partial charge in [0.1, 0.15) is 43.2 Å². The molecule has 0 bridgehead atoms. The van der Waals surface area contributed by atoms with Gasteiger partial charge in [0.25, 0.3) is 0 Å². The van der Waals surface area contributed by atoms with E-state index in [2.05, 4.69) is 31.2 Å². The van der Waals surface area contributed by atoms with Gasteiger partial charge in [-0.25, -0.2) is 0 Å². The molecule has 0 radical (unpaired) electrons. The third-order valence-corrected chi connectivity index (χ3v) is 7.88. The van der Waals surface area contributed by atoms with Gasteiger partial charge in [0, 0.05) is 13.3 Å². The molecule has 2 aliphatic heterocycles. The van der Waals surface area contributed by atoms with Crippen molar-refractivity contribution in [2.75, 3.05) is 19.8 Å². The minimum absolute atomic E-state index is 0.0742. The molecule has 2 fully saturated rings. The molecule has 13 nitrogen and oxygen atoms in total. The van der Waals surface area contributed by atoms with Crippen molar-refractivity contribution in [2.45, 2.75) is 146 Å². The summed E-state index contributed by atoms with van der Waals surface area (Å²) in [6.07, 6.45) is 7.12. The third-order valence-electron chi connectivity index (χ3n) is 7.88. The predicted molar refractivity (Wildman–Crippen MR) is 161 cm³/mol. The van der Waals surface area contributed by atoms with E-state index in [9.17, 15) is 40.2 Å². The summed E-state index contributed by atoms with van der Waals surface area (Å²) in [5, 5.41) is 60.8. The van der Waals surface area contributed by atoms with Gasteiger partial charge in [-0.15, -0.1) is 0 Å². The van der Waals surface area contributed by atoms with E-state index < -0.39 is 86.6 Å². The summed E-state index contributed by atoms with van der Waals surface area (Å²) in [4.78, 5) is 24.5. The number of rotatable bonds is 21. The summed E-state index contributed by atoms with van der Waals surface area (Å²) in [7, 11) is 0. The Morgan fingerprint density at radius 2 is 1.40 bits per heavy atom. The first-order valence-corrected chi connectivity index (χ1v) is 16.2. The molecule has 6 N–H and O–H groups in total. The van der Waals surface area contributed by atoms with E-state index in [0.29, 0.717) is 6.42 Å². The van der Waals surface area contributed by atoms with Gasteiger partial charge in [0.05, 0.1) is 13.2 Å². The maximum Gasteiger partial charge on any atom is 0.305 e. The molecule has 0 unspecified atom stereocenters. The number of hydrogen-bond acceptors (Lipinski definition) is 13. The van der Waals surface area contributed by atoms with Crippen molar-refractivity contribution in [1.29, 1.82) is 0 Å². The molecular weight excluding hydrogens is 592 g/mol. The Labute approximate surface area is 265 Å². The van der Waals surface area contributed by atoms with Gasteiger partial charge >= 0.3 is 11.9 Å². The zero-order valence-electron chi connectivity index (χ0n) is 26.6. The lowest BCUT2D eigenvalue weighted by molar-refractivity contribution is -0.384. The Morgan fingerprint density at radius 1 is 0.778 bits per heavy atom. The lowest BCUT2D eigenvalue weighted by atomic mass is 9.99. The predicted octanol–water partition coefficient (Wildman–Crippen LogP) is 1.54. The van der Waals surface area contributed by atoms with Gasteiger partial charge in [-0.05, 0) is 38.5 Å². The summed E-state index contributed by atoms with van der Waals surface area (Å²) in [5.41, 5.74) is 0. The van der Waals surface area contributed by atoms with Crippen LogP contribution >= 0.6 is 0 Å². The van der Waals surface area contributed by atoms with Crippen LogP contribution in [0.4, 0.5) is 0 Å². The third kappa shape index (κ3) is 12.6. The van der Waals surface area contributed by atoms with E-state index in [-0.39, 0.29) is 6.42 Å². The molecule has 9 atom stereocenters. The number of unbranched alkanes of at least 4 members (excludes halogenated alkanes) is 8. The summed E-state index contributed by atoms with van der Waals surface area (Å²) in [5.74, 6) is -3.73. The van der Waals surface area contributed by atoms with E-state index in [1.807, 2.05) is 0 Å². The van der Waals surface area contributed by atoms with Crippen LogP contribution in [-0.4, -0.2) is 117 Å². The van der Waals surface area contributed by atoms with Crippen LogP contribution in [0.1, 0.15) is 90.9 Å². The SMILES string of the molecule is CCCCCC=CCC=CCCCCCCCC(=O)OC[C@@]1(O[C@H]2O[C@H](CO)[C@@H](O)[C@H](O)[C@H]2O)O[C@H](CO)[C@@H](O)[C@@H]1OC(C)=O. The van der Waals surface area contributed by atoms with E-state index in [1.165, 1.54) is 19.3 Å². The van der Waals surface area contributed by atoms with Crippen LogP contribution in [0.5, 0.6) is 0 Å². The first-order chi connectivity index (χ1) is 21.6. The number of carbonyl (C=O) groups excluding carboxylic acids is 2. The molecule has 0 aromatic heterocycles. The van der Waals surface area contributed by atoms with Crippen LogP contribution in [0.3, 0.4) is 0 Å². The van der Waals surface area contributed by atoms with Crippen LogP contribution in [0.2, 0.25) is 0 Å². The van der Waals surface area contributed by atoms with Gasteiger partial charge < -0.3 is 54.3 Å². The summed E-state index contributed by atoms with van der Waals surface area (Å²) >= 11 is 0. The molecule has 13 heteroatoms. The van der Waals surface area contributed by atoms with E-state index >= 15 is 0 Å². The molecule has 0 spiro atoms. The zero-order chi connectivity index (χ0) is 33.2. The van der Waals surface area contributed by atoms with Crippen molar-refractivity contribution in [3.05, 3.63) is 24.3 Å². The average molecular weight is 647 g/mol. The number of aliphatic hydroxyl groups is 6. The van der Waals surface area contributed by atoms with Crippen molar-refractivity contribution in [2.24, 2.45) is 0 Å². The van der Waals surface area contributed by atoms with Gasteiger partial charge in [-0.3, -0.25) is 9.59 Å². The molecule has 0 saturated carbocycles. The first kappa shape index (κ1) is 39.2. The number of aliphatic hydroxyl groups excluding tert-OH is 6. The fraction of sp³-hybridized carbons (Fsp3) is 0.812. The van der Waals surface area contributed by atoms with Gasteiger partial charge in [-0.2, -0.15) is 0 Å². The smallest absolute Gasteiger partial charge is 0.305 e. The minimum atomic E-state index is -2.26.